The van der Waals surface area contributed by atoms with Gasteiger partial charge < -0.3 is 15.2 Å². The molecule has 98 valence electrons. The normalized spacial score (nSPS) is 9.95. The Labute approximate surface area is 110 Å². The highest BCUT2D eigenvalue weighted by molar-refractivity contribution is 5.92. The number of benzene rings is 1. The number of ether oxygens (including phenoxy) is 1. The van der Waals surface area contributed by atoms with Crippen molar-refractivity contribution < 1.29 is 14.6 Å². The number of hydrogen-bond donors (Lipinski definition) is 2. The number of phenols is 1. The Morgan fingerprint density at radius 2 is 2.21 bits per heavy atom. The molecule has 0 unspecified atom stereocenters. The van der Waals surface area contributed by atoms with E-state index in [0.29, 0.717) is 6.54 Å². The Kier molecular flexibility index (Phi) is 3.97. The van der Waals surface area contributed by atoms with E-state index in [-0.39, 0.29) is 11.3 Å². The molecule has 0 atom stereocenters. The second-order valence-electron chi connectivity index (χ2n) is 3.91. The van der Waals surface area contributed by atoms with Gasteiger partial charge in [0.05, 0.1) is 7.11 Å². The molecule has 0 saturated carbocycles. The van der Waals surface area contributed by atoms with Gasteiger partial charge in [-0.1, -0.05) is 12.1 Å². The lowest BCUT2D eigenvalue weighted by Gasteiger charge is -2.08. The smallest absolute Gasteiger partial charge is 0.341 e. The van der Waals surface area contributed by atoms with Crippen molar-refractivity contribution in [2.75, 3.05) is 12.4 Å². The van der Waals surface area contributed by atoms with E-state index in [4.69, 9.17) is 0 Å². The Hall–Kier alpha value is -2.56. The summed E-state index contributed by atoms with van der Waals surface area (Å²) in [5.74, 6) is 0.0980. The summed E-state index contributed by atoms with van der Waals surface area (Å²) in [7, 11) is 1.28. The summed E-state index contributed by atoms with van der Waals surface area (Å²) < 4.78 is 4.60. The highest BCUT2D eigenvalue weighted by atomic mass is 16.5. The lowest BCUT2D eigenvalue weighted by atomic mass is 10.1. The summed E-state index contributed by atoms with van der Waals surface area (Å²) in [5, 5.41) is 12.7. The zero-order chi connectivity index (χ0) is 13.7. The number of esters is 1. The number of phenolic OH excluding ortho intramolecular Hbond substituents is 1. The van der Waals surface area contributed by atoms with E-state index in [1.807, 2.05) is 18.2 Å². The fourth-order valence-electron chi connectivity index (χ4n) is 1.63. The average molecular weight is 258 g/mol. The number of rotatable bonds is 4. The first-order chi connectivity index (χ1) is 9.20. The van der Waals surface area contributed by atoms with E-state index in [1.54, 1.807) is 18.3 Å². The Morgan fingerprint density at radius 3 is 2.89 bits per heavy atom. The summed E-state index contributed by atoms with van der Waals surface area (Å²) in [4.78, 5) is 15.6. The lowest BCUT2D eigenvalue weighted by Crippen LogP contribution is -2.05. The molecule has 0 saturated heterocycles. The fourth-order valence-corrected chi connectivity index (χ4v) is 1.63. The van der Waals surface area contributed by atoms with Crippen LogP contribution in [0.1, 0.15) is 15.9 Å². The molecule has 19 heavy (non-hydrogen) atoms. The fraction of sp³-hybridized carbons (Fsp3) is 0.143. The summed E-state index contributed by atoms with van der Waals surface area (Å²) >= 11 is 0. The van der Waals surface area contributed by atoms with Gasteiger partial charge in [-0.25, -0.2) is 9.78 Å². The van der Waals surface area contributed by atoms with Crippen molar-refractivity contribution >= 4 is 11.8 Å². The lowest BCUT2D eigenvalue weighted by molar-refractivity contribution is 0.0597. The number of methoxy groups -OCH3 is 1. The van der Waals surface area contributed by atoms with Gasteiger partial charge >= 0.3 is 5.97 Å². The molecule has 1 aromatic heterocycles. The summed E-state index contributed by atoms with van der Waals surface area (Å²) in [6.45, 7) is 0.501. The molecule has 0 aliphatic rings. The third-order valence-corrected chi connectivity index (χ3v) is 2.60. The number of carbonyl (C=O) groups is 1. The van der Waals surface area contributed by atoms with Crippen LogP contribution in [0, 0.1) is 0 Å². The molecule has 1 heterocycles. The number of aromatic nitrogens is 1. The van der Waals surface area contributed by atoms with Crippen LogP contribution in [0.2, 0.25) is 0 Å². The van der Waals surface area contributed by atoms with Gasteiger partial charge in [-0.3, -0.25) is 0 Å². The van der Waals surface area contributed by atoms with E-state index in [9.17, 15) is 9.90 Å². The van der Waals surface area contributed by atoms with Crippen LogP contribution in [0.25, 0.3) is 0 Å². The zero-order valence-corrected chi connectivity index (χ0v) is 10.5. The number of aromatic hydroxyl groups is 1. The van der Waals surface area contributed by atoms with Crippen molar-refractivity contribution in [2.45, 2.75) is 6.54 Å². The van der Waals surface area contributed by atoms with E-state index < -0.39 is 5.97 Å². The predicted molar refractivity (Wildman–Crippen MR) is 71.0 cm³/mol. The number of nitrogens with zero attached hydrogens (tertiary/aromatic N) is 1. The van der Waals surface area contributed by atoms with Crippen LogP contribution in [0.4, 0.5) is 5.82 Å². The standard InChI is InChI=1S/C14H14N2O3/c1-19-14(18)11-8-10(5-6-12(11)17)9-16-13-4-2-3-7-15-13/h2-8,17H,9H2,1H3,(H,15,16). The van der Waals surface area contributed by atoms with Crippen LogP contribution in [-0.4, -0.2) is 23.2 Å². The molecule has 0 aliphatic heterocycles. The number of hydrogen-bond acceptors (Lipinski definition) is 5. The minimum Gasteiger partial charge on any atom is -0.507 e. The maximum atomic E-state index is 11.4. The van der Waals surface area contributed by atoms with Gasteiger partial charge in [0.15, 0.2) is 0 Å². The minimum absolute atomic E-state index is 0.0894. The third-order valence-electron chi connectivity index (χ3n) is 2.60. The predicted octanol–water partition coefficient (Wildman–Crippen LogP) is 2.19. The minimum atomic E-state index is -0.558. The first-order valence-corrected chi connectivity index (χ1v) is 5.76. The van der Waals surface area contributed by atoms with Crippen molar-refractivity contribution in [1.82, 2.24) is 4.98 Å². The second-order valence-corrected chi connectivity index (χ2v) is 3.91. The van der Waals surface area contributed by atoms with E-state index in [0.717, 1.165) is 11.4 Å². The Bertz CT molecular complexity index is 570. The molecule has 5 nitrogen and oxygen atoms in total. The van der Waals surface area contributed by atoms with Gasteiger partial charge in [-0.15, -0.1) is 0 Å². The van der Waals surface area contributed by atoms with Gasteiger partial charge in [0, 0.05) is 12.7 Å². The molecule has 0 radical (unpaired) electrons. The quantitative estimate of drug-likeness (QED) is 0.822. The highest BCUT2D eigenvalue weighted by Crippen LogP contribution is 2.19. The van der Waals surface area contributed by atoms with E-state index in [1.165, 1.54) is 13.2 Å². The molecule has 2 rings (SSSR count). The molecule has 0 aliphatic carbocycles. The average Bonchev–Trinajstić information content (AvgIpc) is 2.46. The Morgan fingerprint density at radius 1 is 1.37 bits per heavy atom. The van der Waals surface area contributed by atoms with Crippen molar-refractivity contribution in [2.24, 2.45) is 0 Å². The van der Waals surface area contributed by atoms with Gasteiger partial charge in [0.2, 0.25) is 0 Å². The highest BCUT2D eigenvalue weighted by Gasteiger charge is 2.11. The molecular weight excluding hydrogens is 244 g/mol. The number of nitrogens with one attached hydrogen (secondary N) is 1. The molecule has 0 bridgehead atoms. The first kappa shape index (κ1) is 12.9. The molecule has 1 aromatic carbocycles. The van der Waals surface area contributed by atoms with Gasteiger partial charge in [-0.05, 0) is 29.8 Å². The van der Waals surface area contributed by atoms with Crippen LogP contribution < -0.4 is 5.32 Å². The maximum Gasteiger partial charge on any atom is 0.341 e. The zero-order valence-electron chi connectivity index (χ0n) is 10.5. The SMILES string of the molecule is COC(=O)c1cc(CNc2ccccn2)ccc1O. The second kappa shape index (κ2) is 5.86. The van der Waals surface area contributed by atoms with Gasteiger partial charge in [-0.2, -0.15) is 0 Å². The van der Waals surface area contributed by atoms with Crippen LogP contribution in [0.3, 0.4) is 0 Å². The molecule has 5 heteroatoms. The molecule has 2 aromatic rings. The topological polar surface area (TPSA) is 71.5 Å². The van der Waals surface area contributed by atoms with Crippen LogP contribution in [-0.2, 0) is 11.3 Å². The molecule has 2 N–H and O–H groups in total. The molecule has 0 amide bonds. The Balaban J connectivity index is 2.11. The van der Waals surface area contributed by atoms with Crippen molar-refractivity contribution in [3.8, 4) is 5.75 Å². The van der Waals surface area contributed by atoms with Crippen LogP contribution in [0.15, 0.2) is 42.6 Å². The summed E-state index contributed by atoms with van der Waals surface area (Å²) in [6, 6.07) is 10.4. The number of anilines is 1. The molecule has 0 fully saturated rings. The molecular formula is C14H14N2O3. The number of carbonyl (C=O) groups excluding carboxylic acids is 1. The summed E-state index contributed by atoms with van der Waals surface area (Å²) in [5.41, 5.74) is 1.01. The van der Waals surface area contributed by atoms with Crippen molar-refractivity contribution in [3.63, 3.8) is 0 Å². The van der Waals surface area contributed by atoms with Crippen LogP contribution in [0.5, 0.6) is 5.75 Å². The van der Waals surface area contributed by atoms with Crippen molar-refractivity contribution in [1.29, 1.82) is 0 Å². The summed E-state index contributed by atoms with van der Waals surface area (Å²) in [6.07, 6.45) is 1.69. The molecule has 0 spiro atoms. The maximum absolute atomic E-state index is 11.4. The monoisotopic (exact) mass is 258 g/mol. The van der Waals surface area contributed by atoms with Crippen LogP contribution >= 0.6 is 0 Å². The number of pyridine rings is 1. The van der Waals surface area contributed by atoms with Gasteiger partial charge in [0.1, 0.15) is 17.1 Å². The van der Waals surface area contributed by atoms with E-state index >= 15 is 0 Å². The first-order valence-electron chi connectivity index (χ1n) is 5.76. The largest absolute Gasteiger partial charge is 0.507 e. The van der Waals surface area contributed by atoms with Crippen molar-refractivity contribution in [3.05, 3.63) is 53.7 Å². The third kappa shape index (κ3) is 3.22. The van der Waals surface area contributed by atoms with E-state index in [2.05, 4.69) is 15.0 Å². The van der Waals surface area contributed by atoms with Gasteiger partial charge in [0.25, 0.3) is 0 Å².